The van der Waals surface area contributed by atoms with Crippen molar-refractivity contribution in [2.45, 2.75) is 13.3 Å². The molecule has 0 aliphatic carbocycles. The molecule has 0 heterocycles. The molecule has 0 unspecified atom stereocenters. The lowest BCUT2D eigenvalue weighted by molar-refractivity contribution is -0.136. The van der Waals surface area contributed by atoms with Crippen LogP contribution in [0.4, 0.5) is 11.4 Å². The van der Waals surface area contributed by atoms with Crippen LogP contribution >= 0.6 is 0 Å². The number of carbonyl (C=O) groups excluding carboxylic acids is 3. The highest BCUT2D eigenvalue weighted by Gasteiger charge is 2.12. The van der Waals surface area contributed by atoms with Crippen LogP contribution in [0.15, 0.2) is 77.9 Å². The van der Waals surface area contributed by atoms with Crippen LogP contribution in [0.3, 0.4) is 0 Å². The van der Waals surface area contributed by atoms with Crippen LogP contribution in [0.2, 0.25) is 0 Å². The van der Waals surface area contributed by atoms with Gasteiger partial charge < -0.3 is 20.1 Å². The van der Waals surface area contributed by atoms with Gasteiger partial charge in [-0.25, -0.2) is 5.43 Å². The van der Waals surface area contributed by atoms with Crippen molar-refractivity contribution in [1.82, 2.24) is 5.43 Å². The molecule has 3 N–H and O–H groups in total. The van der Waals surface area contributed by atoms with Gasteiger partial charge in [-0.15, -0.1) is 0 Å². The molecule has 0 aliphatic heterocycles. The summed E-state index contributed by atoms with van der Waals surface area (Å²) in [6.07, 6.45) is 2.25. The minimum atomic E-state index is -0.900. The van der Waals surface area contributed by atoms with Gasteiger partial charge in [-0.2, -0.15) is 5.10 Å². The fourth-order valence-corrected chi connectivity index (χ4v) is 2.93. The smallest absolute Gasteiger partial charge is 0.329 e. The molecule has 180 valence electrons. The van der Waals surface area contributed by atoms with Gasteiger partial charge in [-0.3, -0.25) is 14.4 Å². The predicted octanol–water partition coefficient (Wildman–Crippen LogP) is 3.36. The van der Waals surface area contributed by atoms with E-state index in [0.29, 0.717) is 28.4 Å². The lowest BCUT2D eigenvalue weighted by atomic mass is 10.1. The minimum absolute atomic E-state index is 0.192. The highest BCUT2D eigenvalue weighted by molar-refractivity contribution is 6.39. The summed E-state index contributed by atoms with van der Waals surface area (Å²) in [4.78, 5) is 36.1. The highest BCUT2D eigenvalue weighted by Crippen LogP contribution is 2.16. The normalized spacial score (nSPS) is 10.5. The van der Waals surface area contributed by atoms with Crippen molar-refractivity contribution in [2.24, 2.45) is 5.10 Å². The summed E-state index contributed by atoms with van der Waals surface area (Å²) in [6, 6.07) is 20.9. The molecule has 0 aliphatic rings. The van der Waals surface area contributed by atoms with E-state index in [0.717, 1.165) is 12.0 Å². The standard InChI is InChI=1S/C26H26N4O5/c1-3-18-7-9-21(10-8-18)29-25(32)26(33)30-27-16-19-5-4-6-23(15-19)35-17-24(31)28-20-11-13-22(34-2)14-12-20/h4-16H,3,17H2,1-2H3,(H,28,31)(H,29,32)(H,30,33)/b27-16-. The molecule has 0 saturated carbocycles. The van der Waals surface area contributed by atoms with E-state index in [2.05, 4.69) is 21.2 Å². The summed E-state index contributed by atoms with van der Waals surface area (Å²) >= 11 is 0. The fourth-order valence-electron chi connectivity index (χ4n) is 2.93. The summed E-state index contributed by atoms with van der Waals surface area (Å²) < 4.78 is 10.6. The number of nitrogens with zero attached hydrogens (tertiary/aromatic N) is 1. The van der Waals surface area contributed by atoms with E-state index >= 15 is 0 Å². The van der Waals surface area contributed by atoms with Crippen molar-refractivity contribution < 1.29 is 23.9 Å². The largest absolute Gasteiger partial charge is 0.497 e. The van der Waals surface area contributed by atoms with Crippen LogP contribution in [0, 0.1) is 0 Å². The van der Waals surface area contributed by atoms with E-state index in [1.807, 2.05) is 19.1 Å². The molecule has 0 aromatic heterocycles. The molecule has 0 radical (unpaired) electrons. The van der Waals surface area contributed by atoms with Crippen LogP contribution in [0.5, 0.6) is 11.5 Å². The molecule has 0 atom stereocenters. The first-order chi connectivity index (χ1) is 17.0. The molecule has 0 saturated heterocycles. The van der Waals surface area contributed by atoms with Gasteiger partial charge in [-0.05, 0) is 66.1 Å². The van der Waals surface area contributed by atoms with Crippen molar-refractivity contribution in [1.29, 1.82) is 0 Å². The van der Waals surface area contributed by atoms with Crippen LogP contribution in [-0.4, -0.2) is 37.7 Å². The van der Waals surface area contributed by atoms with Gasteiger partial charge in [0.15, 0.2) is 6.61 Å². The van der Waals surface area contributed by atoms with Crippen LogP contribution in [-0.2, 0) is 20.8 Å². The number of amides is 3. The summed E-state index contributed by atoms with van der Waals surface area (Å²) in [5, 5.41) is 9.05. The summed E-state index contributed by atoms with van der Waals surface area (Å²) in [6.45, 7) is 1.84. The molecular weight excluding hydrogens is 448 g/mol. The Hall–Kier alpha value is -4.66. The first kappa shape index (κ1) is 25.0. The number of benzene rings is 3. The summed E-state index contributed by atoms with van der Waals surface area (Å²) in [7, 11) is 1.57. The average Bonchev–Trinajstić information content (AvgIpc) is 2.88. The second-order valence-electron chi connectivity index (χ2n) is 7.34. The molecule has 0 spiro atoms. The van der Waals surface area contributed by atoms with Gasteiger partial charge in [0.2, 0.25) is 0 Å². The van der Waals surface area contributed by atoms with Crippen molar-refractivity contribution in [3.8, 4) is 11.5 Å². The van der Waals surface area contributed by atoms with Crippen molar-refractivity contribution in [3.63, 3.8) is 0 Å². The van der Waals surface area contributed by atoms with Crippen molar-refractivity contribution >= 4 is 35.3 Å². The number of methoxy groups -OCH3 is 1. The molecule has 0 bridgehead atoms. The number of anilines is 2. The van der Waals surface area contributed by atoms with Crippen molar-refractivity contribution in [3.05, 3.63) is 83.9 Å². The van der Waals surface area contributed by atoms with Crippen LogP contribution in [0.1, 0.15) is 18.1 Å². The van der Waals surface area contributed by atoms with E-state index in [9.17, 15) is 14.4 Å². The topological polar surface area (TPSA) is 118 Å². The molecule has 35 heavy (non-hydrogen) atoms. The Balaban J connectivity index is 1.46. The Morgan fingerprint density at radius 1 is 0.857 bits per heavy atom. The third-order valence-corrected chi connectivity index (χ3v) is 4.81. The quantitative estimate of drug-likeness (QED) is 0.250. The number of hydrogen-bond acceptors (Lipinski definition) is 6. The lowest BCUT2D eigenvalue weighted by Crippen LogP contribution is -2.32. The zero-order valence-electron chi connectivity index (χ0n) is 19.4. The fraction of sp³-hybridized carbons (Fsp3) is 0.154. The van der Waals surface area contributed by atoms with E-state index < -0.39 is 11.8 Å². The molecule has 3 amide bonds. The number of rotatable bonds is 9. The Morgan fingerprint density at radius 2 is 1.54 bits per heavy atom. The lowest BCUT2D eigenvalue weighted by Gasteiger charge is -2.08. The first-order valence-electron chi connectivity index (χ1n) is 10.9. The Morgan fingerprint density at radius 3 is 2.23 bits per heavy atom. The number of aryl methyl sites for hydroxylation is 1. The maximum absolute atomic E-state index is 12.1. The van der Waals surface area contributed by atoms with E-state index in [4.69, 9.17) is 9.47 Å². The predicted molar refractivity (Wildman–Crippen MR) is 134 cm³/mol. The minimum Gasteiger partial charge on any atom is -0.497 e. The molecule has 3 aromatic rings. The van der Waals surface area contributed by atoms with Gasteiger partial charge >= 0.3 is 11.8 Å². The Labute approximate surface area is 203 Å². The van der Waals surface area contributed by atoms with E-state index in [1.54, 1.807) is 67.8 Å². The SMILES string of the molecule is CCc1ccc(NC(=O)C(=O)N/N=C\c2cccc(OCC(=O)Nc3ccc(OC)cc3)c2)cc1. The molecule has 3 rings (SSSR count). The number of carbonyl (C=O) groups is 3. The molecular formula is C26H26N4O5. The molecule has 9 heteroatoms. The maximum atomic E-state index is 12.1. The van der Waals surface area contributed by atoms with Gasteiger partial charge in [-0.1, -0.05) is 31.2 Å². The van der Waals surface area contributed by atoms with Crippen LogP contribution < -0.4 is 25.5 Å². The first-order valence-corrected chi connectivity index (χ1v) is 10.9. The molecule has 0 fully saturated rings. The number of hydrogen-bond donors (Lipinski definition) is 3. The third kappa shape index (κ3) is 8.01. The Bertz CT molecular complexity index is 1190. The van der Waals surface area contributed by atoms with E-state index in [1.165, 1.54) is 6.21 Å². The van der Waals surface area contributed by atoms with E-state index in [-0.39, 0.29) is 12.5 Å². The second kappa shape index (κ2) is 12.5. The number of ether oxygens (including phenoxy) is 2. The van der Waals surface area contributed by atoms with Gasteiger partial charge in [0.05, 0.1) is 13.3 Å². The highest BCUT2D eigenvalue weighted by atomic mass is 16.5. The Kier molecular flexibility index (Phi) is 8.95. The second-order valence-corrected chi connectivity index (χ2v) is 7.34. The maximum Gasteiger partial charge on any atom is 0.329 e. The van der Waals surface area contributed by atoms with Gasteiger partial charge in [0, 0.05) is 11.4 Å². The molecule has 9 nitrogen and oxygen atoms in total. The van der Waals surface area contributed by atoms with Crippen molar-refractivity contribution in [2.75, 3.05) is 24.4 Å². The number of nitrogens with one attached hydrogen (secondary N) is 3. The monoisotopic (exact) mass is 474 g/mol. The third-order valence-electron chi connectivity index (χ3n) is 4.81. The van der Waals surface area contributed by atoms with Gasteiger partial charge in [0.1, 0.15) is 11.5 Å². The zero-order valence-corrected chi connectivity index (χ0v) is 19.4. The summed E-state index contributed by atoms with van der Waals surface area (Å²) in [5.74, 6) is -0.915. The number of hydrazone groups is 1. The summed E-state index contributed by atoms with van der Waals surface area (Å²) in [5.41, 5.74) is 5.06. The van der Waals surface area contributed by atoms with Crippen LogP contribution in [0.25, 0.3) is 0 Å². The average molecular weight is 475 g/mol. The zero-order chi connectivity index (χ0) is 25.0. The van der Waals surface area contributed by atoms with Gasteiger partial charge in [0.25, 0.3) is 5.91 Å². The molecule has 3 aromatic carbocycles.